The van der Waals surface area contributed by atoms with E-state index in [1.165, 1.54) is 29.7 Å². The van der Waals surface area contributed by atoms with Gasteiger partial charge in [-0.15, -0.1) is 11.3 Å². The molecule has 1 aromatic carbocycles. The van der Waals surface area contributed by atoms with Crippen LogP contribution in [0.25, 0.3) is 15.9 Å². The monoisotopic (exact) mass is 339 g/mol. The van der Waals surface area contributed by atoms with E-state index in [0.717, 1.165) is 39.3 Å². The van der Waals surface area contributed by atoms with Gasteiger partial charge in [-0.1, -0.05) is 31.0 Å². The Morgan fingerprint density at radius 2 is 2.00 bits per heavy atom. The summed E-state index contributed by atoms with van der Waals surface area (Å²) in [6.45, 7) is 4.09. The molecule has 2 aromatic heterocycles. The second-order valence-corrected chi connectivity index (χ2v) is 7.60. The molecule has 1 N–H and O–H groups in total. The van der Waals surface area contributed by atoms with Gasteiger partial charge in [0.1, 0.15) is 4.83 Å². The van der Waals surface area contributed by atoms with Crippen LogP contribution in [0.15, 0.2) is 30.3 Å². The summed E-state index contributed by atoms with van der Waals surface area (Å²) < 4.78 is 1.97. The van der Waals surface area contributed by atoms with E-state index < -0.39 is 0 Å². The Balaban J connectivity index is 1.72. The number of aryl methyl sites for hydroxylation is 2. The van der Waals surface area contributed by atoms with Crippen LogP contribution in [0.2, 0.25) is 0 Å². The quantitative estimate of drug-likeness (QED) is 0.770. The Morgan fingerprint density at radius 1 is 1.25 bits per heavy atom. The number of hydrogen-bond donors (Lipinski definition) is 1. The highest BCUT2D eigenvalue weighted by Gasteiger charge is 2.21. The molecule has 1 saturated carbocycles. The van der Waals surface area contributed by atoms with Crippen LogP contribution >= 0.6 is 11.3 Å². The minimum Gasteiger partial charge on any atom is -0.349 e. The second kappa shape index (κ2) is 6.06. The maximum Gasteiger partial charge on any atom is 0.261 e. The van der Waals surface area contributed by atoms with Gasteiger partial charge in [-0.3, -0.25) is 4.79 Å². The van der Waals surface area contributed by atoms with Crippen molar-refractivity contribution in [2.24, 2.45) is 0 Å². The summed E-state index contributed by atoms with van der Waals surface area (Å²) in [5.41, 5.74) is 3.21. The van der Waals surface area contributed by atoms with Crippen LogP contribution in [0.4, 0.5) is 0 Å². The van der Waals surface area contributed by atoms with Crippen molar-refractivity contribution in [3.63, 3.8) is 0 Å². The minimum atomic E-state index is 0.0545. The molecule has 1 amide bonds. The summed E-state index contributed by atoms with van der Waals surface area (Å²) in [5, 5.41) is 8.93. The van der Waals surface area contributed by atoms with Gasteiger partial charge in [0.25, 0.3) is 5.91 Å². The number of thiophene rings is 1. The molecule has 4 nitrogen and oxygen atoms in total. The van der Waals surface area contributed by atoms with Gasteiger partial charge in [0.15, 0.2) is 0 Å². The van der Waals surface area contributed by atoms with Crippen molar-refractivity contribution in [1.29, 1.82) is 0 Å². The molecule has 0 saturated heterocycles. The van der Waals surface area contributed by atoms with E-state index >= 15 is 0 Å². The number of fused-ring (bicyclic) bond motifs is 1. The van der Waals surface area contributed by atoms with Crippen LogP contribution in [0, 0.1) is 13.8 Å². The molecule has 0 radical (unpaired) electrons. The lowest BCUT2D eigenvalue weighted by Crippen LogP contribution is -2.31. The number of carbonyl (C=O) groups excluding carboxylic acids is 1. The first-order valence-corrected chi connectivity index (χ1v) is 9.31. The number of benzene rings is 1. The third kappa shape index (κ3) is 2.63. The maximum absolute atomic E-state index is 12.6. The number of para-hydroxylation sites is 1. The van der Waals surface area contributed by atoms with Gasteiger partial charge in [0, 0.05) is 11.4 Å². The van der Waals surface area contributed by atoms with Crippen LogP contribution in [-0.2, 0) is 0 Å². The van der Waals surface area contributed by atoms with Gasteiger partial charge in [-0.2, -0.15) is 5.10 Å². The van der Waals surface area contributed by atoms with Gasteiger partial charge in [0.2, 0.25) is 0 Å². The summed E-state index contributed by atoms with van der Waals surface area (Å²) >= 11 is 1.53. The standard InChI is InChI=1S/C19H21N3OS/c1-12-7-3-6-10-16(12)22-19-15(13(2)21-22)11-17(24-19)18(23)20-14-8-4-5-9-14/h3,6-7,10-11,14H,4-5,8-9H2,1-2H3,(H,20,23). The van der Waals surface area contributed by atoms with Crippen LogP contribution in [0.3, 0.4) is 0 Å². The van der Waals surface area contributed by atoms with Crippen molar-refractivity contribution in [1.82, 2.24) is 15.1 Å². The average Bonchev–Trinajstić information content (AvgIpc) is 3.27. The van der Waals surface area contributed by atoms with E-state index in [2.05, 4.69) is 29.5 Å². The van der Waals surface area contributed by atoms with Crippen molar-refractivity contribution < 1.29 is 4.79 Å². The highest BCUT2D eigenvalue weighted by atomic mass is 32.1. The molecule has 0 spiro atoms. The first kappa shape index (κ1) is 15.4. The molecule has 24 heavy (non-hydrogen) atoms. The van der Waals surface area contributed by atoms with E-state index in [4.69, 9.17) is 0 Å². The maximum atomic E-state index is 12.6. The van der Waals surface area contributed by atoms with Crippen molar-refractivity contribution in [2.45, 2.75) is 45.6 Å². The molecule has 3 aromatic rings. The van der Waals surface area contributed by atoms with E-state index in [1.54, 1.807) is 0 Å². The molecule has 0 bridgehead atoms. The SMILES string of the molecule is Cc1ccccc1-n1nc(C)c2cc(C(=O)NC3CCCC3)sc21. The molecule has 0 aliphatic heterocycles. The summed E-state index contributed by atoms with van der Waals surface area (Å²) in [5.74, 6) is 0.0545. The first-order valence-electron chi connectivity index (χ1n) is 8.49. The number of nitrogens with zero attached hydrogens (tertiary/aromatic N) is 2. The Morgan fingerprint density at radius 3 is 2.75 bits per heavy atom. The van der Waals surface area contributed by atoms with Crippen LogP contribution in [-0.4, -0.2) is 21.7 Å². The Labute approximate surface area is 145 Å². The second-order valence-electron chi connectivity index (χ2n) is 6.57. The molecular formula is C19H21N3OS. The predicted molar refractivity (Wildman–Crippen MR) is 98.1 cm³/mol. The zero-order valence-electron chi connectivity index (χ0n) is 14.0. The molecule has 1 aliphatic rings. The Bertz CT molecular complexity index is 903. The van der Waals surface area contributed by atoms with Gasteiger partial charge in [0.05, 0.1) is 16.3 Å². The lowest BCUT2D eigenvalue weighted by molar-refractivity contribution is 0.0942. The average molecular weight is 339 g/mol. The van der Waals surface area contributed by atoms with E-state index in [-0.39, 0.29) is 5.91 Å². The number of carbonyl (C=O) groups is 1. The predicted octanol–water partition coefficient (Wildman–Crippen LogP) is 4.38. The van der Waals surface area contributed by atoms with Crippen molar-refractivity contribution in [3.8, 4) is 5.69 Å². The zero-order valence-corrected chi connectivity index (χ0v) is 14.8. The highest BCUT2D eigenvalue weighted by molar-refractivity contribution is 7.20. The molecule has 0 atom stereocenters. The van der Waals surface area contributed by atoms with Gasteiger partial charge < -0.3 is 5.32 Å². The number of aromatic nitrogens is 2. The molecule has 0 unspecified atom stereocenters. The fourth-order valence-corrected chi connectivity index (χ4v) is 4.53. The summed E-state index contributed by atoms with van der Waals surface area (Å²) in [6.07, 6.45) is 4.65. The molecule has 1 fully saturated rings. The Kier molecular flexibility index (Phi) is 3.88. The van der Waals surface area contributed by atoms with Crippen molar-refractivity contribution >= 4 is 27.5 Å². The topological polar surface area (TPSA) is 46.9 Å². The third-order valence-electron chi connectivity index (χ3n) is 4.80. The van der Waals surface area contributed by atoms with Crippen LogP contribution < -0.4 is 5.32 Å². The van der Waals surface area contributed by atoms with Crippen molar-refractivity contribution in [3.05, 3.63) is 46.5 Å². The number of amides is 1. The number of nitrogens with one attached hydrogen (secondary N) is 1. The minimum absolute atomic E-state index is 0.0545. The molecule has 4 rings (SSSR count). The summed E-state index contributed by atoms with van der Waals surface area (Å²) in [4.78, 5) is 14.4. The van der Waals surface area contributed by atoms with Gasteiger partial charge in [-0.25, -0.2) is 4.68 Å². The van der Waals surface area contributed by atoms with Crippen LogP contribution in [0.5, 0.6) is 0 Å². The largest absolute Gasteiger partial charge is 0.349 e. The van der Waals surface area contributed by atoms with E-state index in [0.29, 0.717) is 6.04 Å². The summed E-state index contributed by atoms with van der Waals surface area (Å²) in [7, 11) is 0. The fraction of sp³-hybridized carbons (Fsp3) is 0.368. The van der Waals surface area contributed by atoms with E-state index in [1.807, 2.05) is 29.8 Å². The third-order valence-corrected chi connectivity index (χ3v) is 5.91. The molecule has 5 heteroatoms. The first-order chi connectivity index (χ1) is 11.6. The summed E-state index contributed by atoms with van der Waals surface area (Å²) in [6, 6.07) is 10.5. The Hall–Kier alpha value is -2.14. The van der Waals surface area contributed by atoms with Gasteiger partial charge >= 0.3 is 0 Å². The molecule has 1 aliphatic carbocycles. The molecule has 124 valence electrons. The number of hydrogen-bond acceptors (Lipinski definition) is 3. The van der Waals surface area contributed by atoms with E-state index in [9.17, 15) is 4.79 Å². The smallest absolute Gasteiger partial charge is 0.261 e. The zero-order chi connectivity index (χ0) is 16.7. The highest BCUT2D eigenvalue weighted by Crippen LogP contribution is 2.31. The van der Waals surface area contributed by atoms with Crippen LogP contribution in [0.1, 0.15) is 46.6 Å². The molecule has 2 heterocycles. The number of rotatable bonds is 3. The molecular weight excluding hydrogens is 318 g/mol. The lowest BCUT2D eigenvalue weighted by atomic mass is 10.2. The van der Waals surface area contributed by atoms with Gasteiger partial charge in [-0.05, 0) is 44.4 Å². The van der Waals surface area contributed by atoms with Crippen molar-refractivity contribution in [2.75, 3.05) is 0 Å². The normalized spacial score (nSPS) is 15.2. The fourth-order valence-electron chi connectivity index (χ4n) is 3.45. The lowest BCUT2D eigenvalue weighted by Gasteiger charge is -2.10.